The van der Waals surface area contributed by atoms with E-state index in [4.69, 9.17) is 9.63 Å². The molecule has 4 nitrogen and oxygen atoms in total. The van der Waals surface area contributed by atoms with Gasteiger partial charge in [0.1, 0.15) is 5.75 Å². The fourth-order valence-electron chi connectivity index (χ4n) is 0.709. The maximum atomic E-state index is 10.7. The van der Waals surface area contributed by atoms with Crippen LogP contribution in [0.4, 0.5) is 0 Å². The molecule has 0 spiro atoms. The first-order valence-electron chi connectivity index (χ1n) is 3.70. The SMILES string of the molecule is CP(=O)(O)OCOc1ccccc1. The van der Waals surface area contributed by atoms with Crippen LogP contribution in [0.15, 0.2) is 30.3 Å². The second kappa shape index (κ2) is 4.42. The summed E-state index contributed by atoms with van der Waals surface area (Å²) in [5, 5.41) is 0. The van der Waals surface area contributed by atoms with Crippen molar-refractivity contribution in [3.05, 3.63) is 30.3 Å². The Morgan fingerprint density at radius 1 is 1.38 bits per heavy atom. The van der Waals surface area contributed by atoms with E-state index in [2.05, 4.69) is 4.52 Å². The molecule has 0 saturated carbocycles. The Bertz CT molecular complexity index is 292. The van der Waals surface area contributed by atoms with Gasteiger partial charge >= 0.3 is 7.60 Å². The van der Waals surface area contributed by atoms with E-state index in [9.17, 15) is 4.57 Å². The van der Waals surface area contributed by atoms with Crippen LogP contribution in [0.1, 0.15) is 0 Å². The molecule has 0 aliphatic rings. The first-order chi connectivity index (χ1) is 6.08. The second-order valence-corrected chi connectivity index (χ2v) is 4.37. The van der Waals surface area contributed by atoms with E-state index in [1.807, 2.05) is 6.07 Å². The van der Waals surface area contributed by atoms with E-state index < -0.39 is 7.60 Å². The molecule has 0 heterocycles. The first kappa shape index (κ1) is 10.3. The van der Waals surface area contributed by atoms with Crippen molar-refractivity contribution in [2.75, 3.05) is 13.5 Å². The summed E-state index contributed by atoms with van der Waals surface area (Å²) in [5.41, 5.74) is 0. The highest BCUT2D eigenvalue weighted by Crippen LogP contribution is 2.36. The lowest BCUT2D eigenvalue weighted by atomic mass is 10.3. The average molecular weight is 202 g/mol. The highest BCUT2D eigenvalue weighted by atomic mass is 31.2. The summed E-state index contributed by atoms with van der Waals surface area (Å²) >= 11 is 0. The van der Waals surface area contributed by atoms with Gasteiger partial charge in [-0.1, -0.05) is 18.2 Å². The van der Waals surface area contributed by atoms with Gasteiger partial charge < -0.3 is 9.63 Å². The Labute approximate surface area is 76.6 Å². The molecule has 0 fully saturated rings. The van der Waals surface area contributed by atoms with Crippen molar-refractivity contribution >= 4 is 7.60 Å². The van der Waals surface area contributed by atoms with E-state index in [0.29, 0.717) is 5.75 Å². The van der Waals surface area contributed by atoms with E-state index in [0.717, 1.165) is 6.66 Å². The van der Waals surface area contributed by atoms with Gasteiger partial charge in [0, 0.05) is 6.66 Å². The molecule has 1 aromatic carbocycles. The normalized spacial score (nSPS) is 14.9. The summed E-state index contributed by atoms with van der Waals surface area (Å²) in [6.45, 7) is 0.898. The molecule has 0 radical (unpaired) electrons. The van der Waals surface area contributed by atoms with Crippen LogP contribution in [0.2, 0.25) is 0 Å². The molecule has 13 heavy (non-hydrogen) atoms. The molecule has 72 valence electrons. The van der Waals surface area contributed by atoms with Gasteiger partial charge in [0.05, 0.1) is 0 Å². The summed E-state index contributed by atoms with van der Waals surface area (Å²) < 4.78 is 20.2. The van der Waals surface area contributed by atoms with Crippen LogP contribution < -0.4 is 4.74 Å². The smallest absolute Gasteiger partial charge is 0.327 e. The molecular formula is C8H11O4P. The standard InChI is InChI=1S/C8H11O4P/c1-13(9,10)12-7-11-8-5-3-2-4-6-8/h2-6H,7H2,1H3,(H,9,10). The number of rotatable bonds is 4. The molecule has 1 aromatic rings. The number of hydrogen-bond acceptors (Lipinski definition) is 3. The molecule has 0 amide bonds. The van der Waals surface area contributed by atoms with Crippen molar-refractivity contribution in [1.29, 1.82) is 0 Å². The second-order valence-electron chi connectivity index (χ2n) is 2.51. The highest BCUT2D eigenvalue weighted by molar-refractivity contribution is 7.51. The monoisotopic (exact) mass is 202 g/mol. The van der Waals surface area contributed by atoms with Gasteiger partial charge in [-0.2, -0.15) is 0 Å². The molecule has 1 rings (SSSR count). The maximum absolute atomic E-state index is 10.7. The molecule has 0 bridgehead atoms. The van der Waals surface area contributed by atoms with Crippen molar-refractivity contribution in [3.63, 3.8) is 0 Å². The van der Waals surface area contributed by atoms with Gasteiger partial charge in [0.2, 0.25) is 0 Å². The number of benzene rings is 1. The van der Waals surface area contributed by atoms with Crippen molar-refractivity contribution in [1.82, 2.24) is 0 Å². The highest BCUT2D eigenvalue weighted by Gasteiger charge is 2.09. The number of ether oxygens (including phenoxy) is 1. The Morgan fingerprint density at radius 3 is 2.54 bits per heavy atom. The summed E-state index contributed by atoms with van der Waals surface area (Å²) in [5.74, 6) is 0.607. The van der Waals surface area contributed by atoms with E-state index >= 15 is 0 Å². The lowest BCUT2D eigenvalue weighted by molar-refractivity contribution is 0.108. The third kappa shape index (κ3) is 4.68. The largest absolute Gasteiger partial charge is 0.467 e. The van der Waals surface area contributed by atoms with E-state index in [-0.39, 0.29) is 6.79 Å². The molecule has 0 saturated heterocycles. The van der Waals surface area contributed by atoms with Crippen LogP contribution in [0, 0.1) is 0 Å². The summed E-state index contributed by atoms with van der Waals surface area (Å²) in [7, 11) is -3.43. The topological polar surface area (TPSA) is 55.8 Å². The Balaban J connectivity index is 2.33. The number of hydrogen-bond donors (Lipinski definition) is 1. The minimum atomic E-state index is -3.43. The third-order valence-electron chi connectivity index (χ3n) is 1.26. The van der Waals surface area contributed by atoms with Crippen molar-refractivity contribution < 1.29 is 18.7 Å². The number of para-hydroxylation sites is 1. The summed E-state index contributed by atoms with van der Waals surface area (Å²) in [4.78, 5) is 8.75. The molecule has 1 atom stereocenters. The van der Waals surface area contributed by atoms with Gasteiger partial charge in [-0.05, 0) is 12.1 Å². The van der Waals surface area contributed by atoms with Gasteiger partial charge in [0.15, 0.2) is 6.79 Å². The predicted octanol–water partition coefficient (Wildman–Crippen LogP) is 1.85. The lowest BCUT2D eigenvalue weighted by Gasteiger charge is -2.08. The Hall–Kier alpha value is -0.830. The van der Waals surface area contributed by atoms with E-state index in [1.165, 1.54) is 0 Å². The van der Waals surface area contributed by atoms with Crippen molar-refractivity contribution in [2.45, 2.75) is 0 Å². The molecular weight excluding hydrogens is 191 g/mol. The molecule has 0 aromatic heterocycles. The van der Waals surface area contributed by atoms with Crippen LogP contribution >= 0.6 is 7.60 Å². The van der Waals surface area contributed by atoms with Gasteiger partial charge in [-0.25, -0.2) is 0 Å². The lowest BCUT2D eigenvalue weighted by Crippen LogP contribution is -2.00. The van der Waals surface area contributed by atoms with Crippen molar-refractivity contribution in [2.24, 2.45) is 0 Å². The molecule has 1 N–H and O–H groups in total. The van der Waals surface area contributed by atoms with Crippen LogP contribution in [0.25, 0.3) is 0 Å². The van der Waals surface area contributed by atoms with Crippen LogP contribution in [0.5, 0.6) is 5.75 Å². The first-order valence-corrected chi connectivity index (χ1v) is 5.73. The van der Waals surface area contributed by atoms with Gasteiger partial charge in [0.25, 0.3) is 0 Å². The minimum Gasteiger partial charge on any atom is -0.467 e. The van der Waals surface area contributed by atoms with Crippen LogP contribution in [-0.2, 0) is 9.09 Å². The van der Waals surface area contributed by atoms with Gasteiger partial charge in [-0.3, -0.25) is 9.09 Å². The summed E-state index contributed by atoms with van der Waals surface area (Å²) in [6.07, 6.45) is 0. The molecule has 0 aliphatic heterocycles. The fraction of sp³-hybridized carbons (Fsp3) is 0.250. The molecule has 1 unspecified atom stereocenters. The van der Waals surface area contributed by atoms with Crippen molar-refractivity contribution in [3.8, 4) is 5.75 Å². The maximum Gasteiger partial charge on any atom is 0.327 e. The molecule has 5 heteroatoms. The zero-order valence-corrected chi connectivity index (χ0v) is 8.11. The zero-order chi connectivity index (χ0) is 9.73. The fourth-order valence-corrected chi connectivity index (χ4v) is 0.957. The third-order valence-corrected chi connectivity index (χ3v) is 1.85. The Morgan fingerprint density at radius 2 is 2.00 bits per heavy atom. The molecule has 0 aliphatic carbocycles. The summed E-state index contributed by atoms with van der Waals surface area (Å²) in [6, 6.07) is 8.94. The van der Waals surface area contributed by atoms with Crippen LogP contribution in [0.3, 0.4) is 0 Å². The zero-order valence-electron chi connectivity index (χ0n) is 7.21. The quantitative estimate of drug-likeness (QED) is 0.598. The minimum absolute atomic E-state index is 0.214. The Kier molecular flexibility index (Phi) is 3.48. The average Bonchev–Trinajstić information content (AvgIpc) is 2.04. The predicted molar refractivity (Wildman–Crippen MR) is 48.8 cm³/mol. The van der Waals surface area contributed by atoms with E-state index in [1.54, 1.807) is 24.3 Å². The van der Waals surface area contributed by atoms with Crippen LogP contribution in [-0.4, -0.2) is 18.4 Å². The van der Waals surface area contributed by atoms with Gasteiger partial charge in [-0.15, -0.1) is 0 Å².